The van der Waals surface area contributed by atoms with Gasteiger partial charge in [0.05, 0.1) is 27.3 Å². The van der Waals surface area contributed by atoms with Crippen LogP contribution in [0.1, 0.15) is 31.1 Å². The summed E-state index contributed by atoms with van der Waals surface area (Å²) in [5.74, 6) is -2.54. The quantitative estimate of drug-likeness (QED) is 0.266. The van der Waals surface area contributed by atoms with Gasteiger partial charge in [-0.3, -0.25) is 24.5 Å². The first-order valence-electron chi connectivity index (χ1n) is 9.64. The molecule has 0 spiro atoms. The maximum absolute atomic E-state index is 12.6. The van der Waals surface area contributed by atoms with Gasteiger partial charge >= 0.3 is 5.97 Å². The molecule has 0 bridgehead atoms. The molecule has 3 aromatic rings. The summed E-state index contributed by atoms with van der Waals surface area (Å²) in [4.78, 5) is 60.9. The number of carbonyl (C=O) groups excluding carboxylic acids is 4. The number of nitrogens with zero attached hydrogens (tertiary/aromatic N) is 2. The van der Waals surface area contributed by atoms with Crippen LogP contribution in [0.4, 0.5) is 17.1 Å². The molecular weight excluding hydrogens is 430 g/mol. The minimum absolute atomic E-state index is 0.0344. The molecular formula is C23H15N3O7. The largest absolute Gasteiger partial charge is 0.452 e. The van der Waals surface area contributed by atoms with Crippen molar-refractivity contribution in [3.05, 3.63) is 99.6 Å². The highest BCUT2D eigenvalue weighted by molar-refractivity contribution is 6.34. The number of carbonyl (C=O) groups is 4. The van der Waals surface area contributed by atoms with Gasteiger partial charge in [0.2, 0.25) is 0 Å². The second-order valence-electron chi connectivity index (χ2n) is 6.97. The second-order valence-corrected chi connectivity index (χ2v) is 6.97. The number of anilines is 2. The Labute approximate surface area is 186 Å². The van der Waals surface area contributed by atoms with E-state index in [2.05, 4.69) is 5.32 Å². The first kappa shape index (κ1) is 21.4. The predicted molar refractivity (Wildman–Crippen MR) is 116 cm³/mol. The molecule has 3 aromatic carbocycles. The Kier molecular flexibility index (Phi) is 5.64. The number of imide groups is 1. The lowest BCUT2D eigenvalue weighted by molar-refractivity contribution is -0.384. The number of fused-ring (bicyclic) bond motifs is 1. The topological polar surface area (TPSA) is 136 Å². The third-order valence-corrected chi connectivity index (χ3v) is 4.81. The van der Waals surface area contributed by atoms with Crippen LogP contribution in [0.2, 0.25) is 0 Å². The summed E-state index contributed by atoms with van der Waals surface area (Å²) < 4.78 is 5.00. The summed E-state index contributed by atoms with van der Waals surface area (Å²) in [6.45, 7) is -0.640. The maximum Gasteiger partial charge on any atom is 0.338 e. The third-order valence-electron chi connectivity index (χ3n) is 4.81. The highest BCUT2D eigenvalue weighted by Crippen LogP contribution is 2.28. The minimum Gasteiger partial charge on any atom is -0.452 e. The Bertz CT molecular complexity index is 1280. The van der Waals surface area contributed by atoms with Gasteiger partial charge < -0.3 is 10.1 Å². The third kappa shape index (κ3) is 4.30. The molecule has 0 aliphatic carbocycles. The lowest BCUT2D eigenvalue weighted by Gasteiger charge is -2.14. The van der Waals surface area contributed by atoms with E-state index in [1.807, 2.05) is 0 Å². The predicted octanol–water partition coefficient (Wildman–Crippen LogP) is 3.19. The van der Waals surface area contributed by atoms with E-state index in [1.165, 1.54) is 48.5 Å². The number of nitrogens with one attached hydrogen (secondary N) is 1. The Hall–Kier alpha value is -4.86. The van der Waals surface area contributed by atoms with Crippen molar-refractivity contribution in [1.82, 2.24) is 0 Å². The number of ether oxygens (including phenoxy) is 1. The fourth-order valence-corrected chi connectivity index (χ4v) is 3.30. The highest BCUT2D eigenvalue weighted by Gasteiger charge is 2.36. The van der Waals surface area contributed by atoms with E-state index in [0.29, 0.717) is 0 Å². The maximum atomic E-state index is 12.6. The van der Waals surface area contributed by atoms with Crippen LogP contribution < -0.4 is 10.2 Å². The smallest absolute Gasteiger partial charge is 0.338 e. The first-order chi connectivity index (χ1) is 15.8. The molecule has 1 heterocycles. The van der Waals surface area contributed by atoms with Gasteiger partial charge in [-0.1, -0.05) is 24.3 Å². The van der Waals surface area contributed by atoms with Gasteiger partial charge in [0.25, 0.3) is 23.4 Å². The monoisotopic (exact) mass is 445 g/mol. The Morgan fingerprint density at radius 3 is 2.24 bits per heavy atom. The molecule has 0 aromatic heterocycles. The number of esters is 1. The van der Waals surface area contributed by atoms with Gasteiger partial charge in [0, 0.05) is 17.8 Å². The molecule has 0 radical (unpaired) electrons. The minimum atomic E-state index is -0.845. The van der Waals surface area contributed by atoms with Crippen molar-refractivity contribution in [1.29, 1.82) is 0 Å². The summed E-state index contributed by atoms with van der Waals surface area (Å²) >= 11 is 0. The number of benzene rings is 3. The SMILES string of the molecule is O=C(COC(=O)c1cccc(N2C(=O)c3ccccc3C2=O)c1)Nc1cccc([N+](=O)[O-])c1. The summed E-state index contributed by atoms with van der Waals surface area (Å²) in [5.41, 5.74) is 0.748. The van der Waals surface area contributed by atoms with Crippen molar-refractivity contribution in [2.75, 3.05) is 16.8 Å². The summed E-state index contributed by atoms with van der Waals surface area (Å²) in [5, 5.41) is 13.2. The average Bonchev–Trinajstić information content (AvgIpc) is 3.08. The highest BCUT2D eigenvalue weighted by atomic mass is 16.6. The Morgan fingerprint density at radius 2 is 1.58 bits per heavy atom. The molecule has 33 heavy (non-hydrogen) atoms. The van der Waals surface area contributed by atoms with Gasteiger partial charge in [-0.15, -0.1) is 0 Å². The molecule has 1 aliphatic heterocycles. The first-order valence-corrected chi connectivity index (χ1v) is 9.64. The number of rotatable bonds is 6. The van der Waals surface area contributed by atoms with Crippen LogP contribution in [0.5, 0.6) is 0 Å². The van der Waals surface area contributed by atoms with Crippen LogP contribution in [0.25, 0.3) is 0 Å². The molecule has 0 atom stereocenters. The van der Waals surface area contributed by atoms with Gasteiger partial charge in [0.15, 0.2) is 6.61 Å². The second kappa shape index (κ2) is 8.71. The van der Waals surface area contributed by atoms with Crippen molar-refractivity contribution in [3.8, 4) is 0 Å². The number of hydrogen-bond acceptors (Lipinski definition) is 7. The van der Waals surface area contributed by atoms with Gasteiger partial charge in [0.1, 0.15) is 0 Å². The molecule has 0 fully saturated rings. The molecule has 1 N–H and O–H groups in total. The molecule has 164 valence electrons. The van der Waals surface area contributed by atoms with Crippen molar-refractivity contribution >= 4 is 40.8 Å². The normalized spacial score (nSPS) is 12.3. The molecule has 0 saturated carbocycles. The molecule has 0 unspecified atom stereocenters. The summed E-state index contributed by atoms with van der Waals surface area (Å²) in [7, 11) is 0. The zero-order chi connectivity index (χ0) is 23.5. The molecule has 3 amide bonds. The summed E-state index contributed by atoms with van der Waals surface area (Å²) in [6.07, 6.45) is 0. The lowest BCUT2D eigenvalue weighted by Crippen LogP contribution is -2.29. The Balaban J connectivity index is 1.42. The molecule has 1 aliphatic rings. The lowest BCUT2D eigenvalue weighted by atomic mass is 10.1. The van der Waals surface area contributed by atoms with Crippen LogP contribution in [0.15, 0.2) is 72.8 Å². The van der Waals surface area contributed by atoms with Gasteiger partial charge in [-0.2, -0.15) is 0 Å². The average molecular weight is 445 g/mol. The van der Waals surface area contributed by atoms with Crippen LogP contribution in [-0.4, -0.2) is 35.2 Å². The van der Waals surface area contributed by atoms with Crippen LogP contribution in [0, 0.1) is 10.1 Å². The van der Waals surface area contributed by atoms with Crippen LogP contribution in [-0.2, 0) is 9.53 Å². The number of hydrogen-bond donors (Lipinski definition) is 1. The van der Waals surface area contributed by atoms with E-state index in [-0.39, 0.29) is 33.8 Å². The molecule has 10 heteroatoms. The van der Waals surface area contributed by atoms with Crippen molar-refractivity contribution < 1.29 is 28.8 Å². The number of non-ortho nitro benzene ring substituents is 1. The van der Waals surface area contributed by atoms with Crippen LogP contribution in [0.3, 0.4) is 0 Å². The van der Waals surface area contributed by atoms with Crippen LogP contribution >= 0.6 is 0 Å². The van der Waals surface area contributed by atoms with E-state index in [1.54, 1.807) is 24.3 Å². The summed E-state index contributed by atoms with van der Waals surface area (Å²) in [6, 6.07) is 17.4. The number of amides is 3. The fourth-order valence-electron chi connectivity index (χ4n) is 3.30. The van der Waals surface area contributed by atoms with E-state index >= 15 is 0 Å². The zero-order valence-corrected chi connectivity index (χ0v) is 16.9. The van der Waals surface area contributed by atoms with E-state index in [4.69, 9.17) is 4.74 Å². The van der Waals surface area contributed by atoms with Crippen molar-refractivity contribution in [2.24, 2.45) is 0 Å². The molecule has 0 saturated heterocycles. The molecule has 10 nitrogen and oxygen atoms in total. The van der Waals surface area contributed by atoms with Crippen molar-refractivity contribution in [3.63, 3.8) is 0 Å². The zero-order valence-electron chi connectivity index (χ0n) is 16.9. The fraction of sp³-hybridized carbons (Fsp3) is 0.0435. The standard InChI is InChI=1S/C23H15N3O7/c27-20(24-15-6-4-8-17(12-15)26(31)32)13-33-23(30)14-5-3-7-16(11-14)25-21(28)18-9-1-2-10-19(18)22(25)29/h1-12H,13H2,(H,24,27). The van der Waals surface area contributed by atoms with E-state index in [9.17, 15) is 29.3 Å². The van der Waals surface area contributed by atoms with Crippen molar-refractivity contribution in [2.45, 2.75) is 0 Å². The number of nitro groups is 1. The van der Waals surface area contributed by atoms with E-state index < -0.39 is 35.2 Å². The van der Waals surface area contributed by atoms with E-state index in [0.717, 1.165) is 4.90 Å². The Morgan fingerprint density at radius 1 is 0.909 bits per heavy atom. The molecule has 4 rings (SSSR count). The number of nitro benzene ring substituents is 1. The van der Waals surface area contributed by atoms with Gasteiger partial charge in [-0.25, -0.2) is 9.69 Å². The van der Waals surface area contributed by atoms with Gasteiger partial charge in [-0.05, 0) is 36.4 Å².